The lowest BCUT2D eigenvalue weighted by Gasteiger charge is -2.05. The maximum Gasteiger partial charge on any atom is 0.278 e. The second-order valence-electron chi connectivity index (χ2n) is 4.33. The van der Waals surface area contributed by atoms with E-state index in [1.807, 2.05) is 6.92 Å². The molecule has 7 nitrogen and oxygen atoms in total. The van der Waals surface area contributed by atoms with E-state index in [4.69, 9.17) is 0 Å². The number of hydrogen-bond donors (Lipinski definition) is 3. The fourth-order valence-corrected chi connectivity index (χ4v) is 2.86. The molecular formula is C12H13N5O2S. The fraction of sp³-hybridized carbons (Fsp3) is 0.167. The Hall–Kier alpha value is -2.35. The summed E-state index contributed by atoms with van der Waals surface area (Å²) in [5, 5.41) is 7.66. The van der Waals surface area contributed by atoms with Gasteiger partial charge in [-0.2, -0.15) is 13.5 Å². The molecule has 0 aliphatic carbocycles. The van der Waals surface area contributed by atoms with Gasteiger partial charge in [0.25, 0.3) is 10.0 Å². The third kappa shape index (κ3) is 2.25. The molecule has 8 heteroatoms. The highest BCUT2D eigenvalue weighted by molar-refractivity contribution is 7.92. The number of sulfonamides is 1. The number of aromatic amines is 2. The Bertz CT molecular complexity index is 849. The number of imidazole rings is 1. The minimum absolute atomic E-state index is 0.0547. The van der Waals surface area contributed by atoms with Crippen molar-refractivity contribution in [3.63, 3.8) is 0 Å². The Morgan fingerprint density at radius 1 is 1.30 bits per heavy atom. The van der Waals surface area contributed by atoms with E-state index in [-0.39, 0.29) is 5.03 Å². The van der Waals surface area contributed by atoms with E-state index in [0.29, 0.717) is 17.9 Å². The SMILES string of the molecule is CCc1ncc(S(=O)(=O)Nc2ccc3cn[nH]c3c2)[nH]1. The molecule has 1 aromatic carbocycles. The Balaban J connectivity index is 1.92. The van der Waals surface area contributed by atoms with Gasteiger partial charge in [-0.1, -0.05) is 6.92 Å². The van der Waals surface area contributed by atoms with Gasteiger partial charge in [0.15, 0.2) is 5.03 Å². The van der Waals surface area contributed by atoms with E-state index in [1.165, 1.54) is 6.20 Å². The second kappa shape index (κ2) is 4.64. The van der Waals surface area contributed by atoms with Crippen LogP contribution >= 0.6 is 0 Å². The molecule has 2 aromatic heterocycles. The maximum atomic E-state index is 12.2. The zero-order valence-electron chi connectivity index (χ0n) is 10.7. The highest BCUT2D eigenvalue weighted by Crippen LogP contribution is 2.19. The van der Waals surface area contributed by atoms with Crippen LogP contribution in [0.25, 0.3) is 10.9 Å². The molecule has 0 fully saturated rings. The first-order valence-electron chi connectivity index (χ1n) is 6.08. The fourth-order valence-electron chi connectivity index (χ4n) is 1.87. The molecule has 0 aliphatic rings. The Kier molecular flexibility index (Phi) is 2.94. The lowest BCUT2D eigenvalue weighted by molar-refractivity contribution is 0.598. The molecule has 0 atom stereocenters. The molecule has 0 unspecified atom stereocenters. The second-order valence-corrected chi connectivity index (χ2v) is 5.98. The zero-order valence-corrected chi connectivity index (χ0v) is 11.5. The van der Waals surface area contributed by atoms with Gasteiger partial charge >= 0.3 is 0 Å². The zero-order chi connectivity index (χ0) is 14.2. The maximum absolute atomic E-state index is 12.2. The van der Waals surface area contributed by atoms with Gasteiger partial charge in [0.1, 0.15) is 5.82 Å². The normalized spacial score (nSPS) is 11.8. The van der Waals surface area contributed by atoms with E-state index < -0.39 is 10.0 Å². The molecule has 3 aromatic rings. The predicted octanol–water partition coefficient (Wildman–Crippen LogP) is 1.65. The number of H-pyrrole nitrogens is 2. The third-order valence-corrected chi connectivity index (χ3v) is 4.21. The van der Waals surface area contributed by atoms with Crippen LogP contribution in [0.3, 0.4) is 0 Å². The van der Waals surface area contributed by atoms with Gasteiger partial charge in [-0.15, -0.1) is 0 Å². The molecular weight excluding hydrogens is 278 g/mol. The van der Waals surface area contributed by atoms with Gasteiger partial charge in [-0.25, -0.2) is 4.98 Å². The van der Waals surface area contributed by atoms with Crippen LogP contribution in [-0.4, -0.2) is 28.6 Å². The smallest absolute Gasteiger partial charge is 0.278 e. The van der Waals surface area contributed by atoms with Crippen LogP contribution in [0.4, 0.5) is 5.69 Å². The summed E-state index contributed by atoms with van der Waals surface area (Å²) in [6, 6.07) is 5.17. The molecule has 20 heavy (non-hydrogen) atoms. The van der Waals surface area contributed by atoms with Crippen molar-refractivity contribution in [2.45, 2.75) is 18.4 Å². The largest absolute Gasteiger partial charge is 0.332 e. The first kappa shape index (κ1) is 12.7. The highest BCUT2D eigenvalue weighted by Gasteiger charge is 2.17. The van der Waals surface area contributed by atoms with E-state index in [0.717, 1.165) is 10.9 Å². The highest BCUT2D eigenvalue weighted by atomic mass is 32.2. The van der Waals surface area contributed by atoms with Crippen LogP contribution in [0.15, 0.2) is 35.6 Å². The van der Waals surface area contributed by atoms with Crippen LogP contribution in [0.2, 0.25) is 0 Å². The van der Waals surface area contributed by atoms with Crippen molar-refractivity contribution in [2.75, 3.05) is 4.72 Å². The van der Waals surface area contributed by atoms with Gasteiger partial charge in [0.05, 0.1) is 23.6 Å². The van der Waals surface area contributed by atoms with Crippen molar-refractivity contribution in [1.82, 2.24) is 20.2 Å². The molecule has 0 radical (unpaired) electrons. The van der Waals surface area contributed by atoms with Crippen molar-refractivity contribution in [1.29, 1.82) is 0 Å². The summed E-state index contributed by atoms with van der Waals surface area (Å²) in [5.41, 5.74) is 1.23. The van der Waals surface area contributed by atoms with E-state index in [2.05, 4.69) is 24.9 Å². The van der Waals surface area contributed by atoms with E-state index in [9.17, 15) is 8.42 Å². The molecule has 0 saturated carbocycles. The molecule has 104 valence electrons. The van der Waals surface area contributed by atoms with E-state index >= 15 is 0 Å². The summed E-state index contributed by atoms with van der Waals surface area (Å²) >= 11 is 0. The monoisotopic (exact) mass is 291 g/mol. The summed E-state index contributed by atoms with van der Waals surface area (Å²) in [6.07, 6.45) is 3.64. The van der Waals surface area contributed by atoms with E-state index in [1.54, 1.807) is 24.4 Å². The first-order valence-corrected chi connectivity index (χ1v) is 7.56. The number of anilines is 1. The van der Waals surface area contributed by atoms with Gasteiger partial charge in [0, 0.05) is 11.8 Å². The minimum Gasteiger partial charge on any atom is -0.332 e. The van der Waals surface area contributed by atoms with Gasteiger partial charge in [0.2, 0.25) is 0 Å². The van der Waals surface area contributed by atoms with Gasteiger partial charge in [-0.05, 0) is 18.2 Å². The summed E-state index contributed by atoms with van der Waals surface area (Å²) in [5.74, 6) is 0.634. The lowest BCUT2D eigenvalue weighted by atomic mass is 10.2. The molecule has 0 aliphatic heterocycles. The molecule has 0 saturated heterocycles. The Morgan fingerprint density at radius 3 is 2.90 bits per heavy atom. The van der Waals surface area contributed by atoms with Crippen molar-refractivity contribution in [2.24, 2.45) is 0 Å². The summed E-state index contributed by atoms with van der Waals surface area (Å²) in [7, 11) is -3.66. The molecule has 2 heterocycles. The Labute approximate surface area is 115 Å². The molecule has 0 amide bonds. The lowest BCUT2D eigenvalue weighted by Crippen LogP contribution is -2.13. The number of fused-ring (bicyclic) bond motifs is 1. The average Bonchev–Trinajstić information content (AvgIpc) is 3.06. The number of aromatic nitrogens is 4. The number of nitrogens with zero attached hydrogens (tertiary/aromatic N) is 2. The standard InChI is InChI=1S/C12H13N5O2S/c1-2-11-13-7-12(15-11)20(18,19)17-9-4-3-8-6-14-16-10(8)5-9/h3-7,17H,2H2,1H3,(H,13,15)(H,14,16). The summed E-state index contributed by atoms with van der Waals surface area (Å²) < 4.78 is 26.9. The number of nitrogens with one attached hydrogen (secondary N) is 3. The van der Waals surface area contributed by atoms with Crippen molar-refractivity contribution in [3.05, 3.63) is 36.4 Å². The minimum atomic E-state index is -3.66. The summed E-state index contributed by atoms with van der Waals surface area (Å²) in [6.45, 7) is 1.90. The third-order valence-electron chi connectivity index (χ3n) is 2.92. The molecule has 0 bridgehead atoms. The van der Waals surface area contributed by atoms with Crippen molar-refractivity contribution >= 4 is 26.6 Å². The van der Waals surface area contributed by atoms with Crippen molar-refractivity contribution in [3.8, 4) is 0 Å². The van der Waals surface area contributed by atoms with Crippen LogP contribution in [0.5, 0.6) is 0 Å². The number of benzene rings is 1. The van der Waals surface area contributed by atoms with Crippen LogP contribution in [0.1, 0.15) is 12.7 Å². The quantitative estimate of drug-likeness (QED) is 0.680. The average molecular weight is 291 g/mol. The topological polar surface area (TPSA) is 104 Å². The first-order chi connectivity index (χ1) is 9.58. The predicted molar refractivity (Wildman–Crippen MR) is 74.9 cm³/mol. The van der Waals surface area contributed by atoms with Crippen LogP contribution in [0, 0.1) is 0 Å². The van der Waals surface area contributed by atoms with Crippen LogP contribution < -0.4 is 4.72 Å². The number of rotatable bonds is 4. The molecule has 0 spiro atoms. The van der Waals surface area contributed by atoms with Gasteiger partial charge < -0.3 is 4.98 Å². The number of aryl methyl sites for hydroxylation is 1. The van der Waals surface area contributed by atoms with Gasteiger partial charge in [-0.3, -0.25) is 9.82 Å². The summed E-state index contributed by atoms with van der Waals surface area (Å²) in [4.78, 5) is 6.77. The Morgan fingerprint density at radius 2 is 2.15 bits per heavy atom. The van der Waals surface area contributed by atoms with Crippen molar-refractivity contribution < 1.29 is 8.42 Å². The number of hydrogen-bond acceptors (Lipinski definition) is 4. The van der Waals surface area contributed by atoms with Crippen LogP contribution in [-0.2, 0) is 16.4 Å². The molecule has 3 rings (SSSR count). The molecule has 3 N–H and O–H groups in total.